The molecule has 46 heavy (non-hydrogen) atoms. The van der Waals surface area contributed by atoms with Crippen LogP contribution >= 0.6 is 0 Å². The first kappa shape index (κ1) is 36.4. The number of aliphatic imine (C=N–C) groups is 1. The Morgan fingerprint density at radius 3 is 1.70 bits per heavy atom. The summed E-state index contributed by atoms with van der Waals surface area (Å²) in [6.45, 7) is 4.93. The second-order valence-electron chi connectivity index (χ2n) is 10.3. The van der Waals surface area contributed by atoms with Gasteiger partial charge in [0.25, 0.3) is 5.90 Å². The smallest absolute Gasteiger partial charge is 0.463 e. The summed E-state index contributed by atoms with van der Waals surface area (Å²) in [4.78, 5) is 75.4. The second kappa shape index (κ2) is 15.0. The summed E-state index contributed by atoms with van der Waals surface area (Å²) < 4.78 is 89.3. The first-order chi connectivity index (χ1) is 21.4. The fourth-order valence-electron chi connectivity index (χ4n) is 4.93. The van der Waals surface area contributed by atoms with Crippen LogP contribution in [0, 0.1) is 0 Å². The largest absolute Gasteiger partial charge is 0.468 e. The molecule has 3 aliphatic rings. The molecule has 0 saturated carbocycles. The molecular weight excluding hydrogens is 637 g/mol. The number of fused-ring (bicyclic) bond motifs is 1. The van der Waals surface area contributed by atoms with E-state index < -0.39 is 122 Å². The summed E-state index contributed by atoms with van der Waals surface area (Å²) in [7, 11) is 0. The van der Waals surface area contributed by atoms with Gasteiger partial charge in [-0.1, -0.05) is 0 Å². The van der Waals surface area contributed by atoms with Crippen molar-refractivity contribution in [3.63, 3.8) is 0 Å². The van der Waals surface area contributed by atoms with E-state index in [1.54, 1.807) is 0 Å². The maximum Gasteiger partial charge on any atom is 0.468 e. The molecule has 20 heteroatoms. The van der Waals surface area contributed by atoms with Crippen LogP contribution < -0.4 is 5.32 Å². The van der Waals surface area contributed by atoms with Crippen molar-refractivity contribution in [2.24, 2.45) is 4.99 Å². The summed E-state index contributed by atoms with van der Waals surface area (Å²) in [5, 5.41) is 2.46. The number of alkyl halides is 3. The molecule has 3 rings (SSSR count). The number of hydrogen-bond donors (Lipinski definition) is 1. The van der Waals surface area contributed by atoms with E-state index in [0.717, 1.165) is 41.5 Å². The molecule has 0 aliphatic carbocycles. The van der Waals surface area contributed by atoms with Crippen LogP contribution in [0.25, 0.3) is 0 Å². The number of halogens is 3. The normalized spacial score (nSPS) is 32.1. The van der Waals surface area contributed by atoms with Crippen molar-refractivity contribution in [2.75, 3.05) is 13.2 Å². The third-order valence-corrected chi connectivity index (χ3v) is 6.47. The van der Waals surface area contributed by atoms with Gasteiger partial charge in [0.1, 0.15) is 37.6 Å². The van der Waals surface area contributed by atoms with Gasteiger partial charge in [-0.15, -0.1) is 0 Å². The molecule has 0 aromatic carbocycles. The van der Waals surface area contributed by atoms with Crippen molar-refractivity contribution in [1.82, 2.24) is 5.32 Å². The molecule has 0 aromatic rings. The molecule has 1 amide bonds. The molecule has 17 nitrogen and oxygen atoms in total. The van der Waals surface area contributed by atoms with E-state index in [0.29, 0.717) is 0 Å². The minimum atomic E-state index is -5.06. The zero-order valence-electron chi connectivity index (χ0n) is 25.4. The minimum Gasteiger partial charge on any atom is -0.463 e. The lowest BCUT2D eigenvalue weighted by atomic mass is 9.94. The van der Waals surface area contributed by atoms with E-state index in [1.165, 1.54) is 0 Å². The summed E-state index contributed by atoms with van der Waals surface area (Å²) in [5.74, 6) is -6.77. The van der Waals surface area contributed by atoms with E-state index in [9.17, 15) is 41.9 Å². The summed E-state index contributed by atoms with van der Waals surface area (Å²) in [5.41, 5.74) is 0. The highest BCUT2D eigenvalue weighted by atomic mass is 19.4. The van der Waals surface area contributed by atoms with E-state index in [4.69, 9.17) is 42.6 Å². The molecule has 0 radical (unpaired) electrons. The van der Waals surface area contributed by atoms with Gasteiger partial charge in [0.2, 0.25) is 12.2 Å². The minimum absolute atomic E-state index is 0.596. The van der Waals surface area contributed by atoms with Gasteiger partial charge in [0, 0.05) is 41.5 Å². The number of ether oxygens (including phenoxy) is 9. The van der Waals surface area contributed by atoms with Gasteiger partial charge in [-0.05, 0) is 0 Å². The first-order valence-electron chi connectivity index (χ1n) is 13.7. The fraction of sp³-hybridized carbons (Fsp3) is 0.731. The number of amides is 1. The molecule has 258 valence electrons. The van der Waals surface area contributed by atoms with Crippen LogP contribution in [0.1, 0.15) is 41.5 Å². The first-order valence-corrected chi connectivity index (χ1v) is 13.7. The number of nitrogens with zero attached hydrogens (tertiary/aromatic N) is 1. The van der Waals surface area contributed by atoms with Gasteiger partial charge >= 0.3 is 36.0 Å². The van der Waals surface area contributed by atoms with Crippen LogP contribution in [0.5, 0.6) is 0 Å². The van der Waals surface area contributed by atoms with Crippen molar-refractivity contribution < 1.29 is 84.6 Å². The van der Waals surface area contributed by atoms with E-state index in [1.807, 2.05) is 0 Å². The second-order valence-corrected chi connectivity index (χ2v) is 10.3. The summed E-state index contributed by atoms with van der Waals surface area (Å²) >= 11 is 0. The van der Waals surface area contributed by atoms with E-state index >= 15 is 0 Å². The highest BCUT2D eigenvalue weighted by Gasteiger charge is 2.59. The van der Waals surface area contributed by atoms with Crippen molar-refractivity contribution in [3.8, 4) is 0 Å². The Labute approximate surface area is 259 Å². The predicted octanol–water partition coefficient (Wildman–Crippen LogP) is -0.393. The third kappa shape index (κ3) is 9.49. The average molecular weight is 671 g/mol. The molecule has 3 aliphatic heterocycles. The van der Waals surface area contributed by atoms with Crippen LogP contribution in [0.15, 0.2) is 4.99 Å². The van der Waals surface area contributed by atoms with Gasteiger partial charge in [-0.25, -0.2) is 4.99 Å². The van der Waals surface area contributed by atoms with E-state index in [-0.39, 0.29) is 0 Å². The van der Waals surface area contributed by atoms with Crippen LogP contribution in [0.4, 0.5) is 13.2 Å². The third-order valence-electron chi connectivity index (χ3n) is 6.47. The Hall–Kier alpha value is -4.04. The molecule has 0 aromatic heterocycles. The molecule has 0 bridgehead atoms. The van der Waals surface area contributed by atoms with E-state index in [2.05, 4.69) is 10.3 Å². The SMILES string of the molecule is CC(=O)N[C@H]1[C@H](O[C@H]2[C@H](OC(C)=O)[C@H]3N=C(C(F)(F)F)O[C@H]3O[C@@H]2COC(C)=O)O[C@H](COC(C)=O)[C@@H](OC(C)=O)[C@@H]1OC(C)=O. The zero-order valence-corrected chi connectivity index (χ0v) is 25.4. The maximum atomic E-state index is 13.5. The number of nitrogens with one attached hydrogen (secondary N) is 1. The Bertz CT molecular complexity index is 1230. The van der Waals surface area contributed by atoms with Crippen molar-refractivity contribution in [1.29, 1.82) is 0 Å². The average Bonchev–Trinajstić information content (AvgIpc) is 3.35. The quantitative estimate of drug-likeness (QED) is 0.232. The van der Waals surface area contributed by atoms with Gasteiger partial charge in [0.15, 0.2) is 30.6 Å². The number of esters is 5. The number of carbonyl (C=O) groups excluding carboxylic acids is 6. The molecular formula is C26H33F3N2O15. The molecule has 10 atom stereocenters. The molecule has 2 saturated heterocycles. The lowest BCUT2D eigenvalue weighted by Crippen LogP contribution is -2.69. The van der Waals surface area contributed by atoms with Gasteiger partial charge in [0.05, 0.1) is 0 Å². The lowest BCUT2D eigenvalue weighted by Gasteiger charge is -2.48. The van der Waals surface area contributed by atoms with Crippen LogP contribution in [0.2, 0.25) is 0 Å². The van der Waals surface area contributed by atoms with Crippen molar-refractivity contribution in [2.45, 2.75) is 109 Å². The highest BCUT2D eigenvalue weighted by molar-refractivity contribution is 5.83. The van der Waals surface area contributed by atoms with Crippen LogP contribution in [-0.2, 0) is 71.4 Å². The topological polar surface area (TPSA) is 210 Å². The molecule has 3 heterocycles. The summed E-state index contributed by atoms with van der Waals surface area (Å²) in [6.07, 6.45) is -17.9. The van der Waals surface area contributed by atoms with Crippen LogP contribution in [0.3, 0.4) is 0 Å². The Morgan fingerprint density at radius 1 is 0.717 bits per heavy atom. The monoisotopic (exact) mass is 670 g/mol. The highest BCUT2D eigenvalue weighted by Crippen LogP contribution is 2.38. The van der Waals surface area contributed by atoms with Gasteiger partial charge in [-0.2, -0.15) is 13.2 Å². The van der Waals surface area contributed by atoms with Gasteiger partial charge in [-0.3, -0.25) is 28.8 Å². The van der Waals surface area contributed by atoms with Crippen LogP contribution in [-0.4, -0.2) is 122 Å². The molecule has 2 fully saturated rings. The number of hydrogen-bond acceptors (Lipinski definition) is 16. The van der Waals surface area contributed by atoms with Gasteiger partial charge < -0.3 is 47.9 Å². The lowest BCUT2D eigenvalue weighted by molar-refractivity contribution is -0.325. The van der Waals surface area contributed by atoms with Crippen molar-refractivity contribution in [3.05, 3.63) is 0 Å². The van der Waals surface area contributed by atoms with Crippen molar-refractivity contribution >= 4 is 41.7 Å². The Balaban J connectivity index is 2.12. The standard InChI is InChI=1S/C26H33F3N2O15/c1-9(32)30-17-21(41-13(5)36)19(40-12(4)35)15(7-38-10(2)33)43-23(17)45-20-16(8-39-11(3)34)44-24-18(22(20)42-14(6)37)31-25(46-24)26(27,28)29/h15-24H,7-8H2,1-6H3,(H,30,32)/t15-,16-,17-,18-,19-,20-,21-,22-,23+,24-/m1/s1. The predicted molar refractivity (Wildman–Crippen MR) is 138 cm³/mol. The maximum absolute atomic E-state index is 13.5. The Morgan fingerprint density at radius 2 is 1.22 bits per heavy atom. The number of rotatable bonds is 10. The summed E-state index contributed by atoms with van der Waals surface area (Å²) in [6, 6.07) is -3.17. The fourth-order valence-corrected chi connectivity index (χ4v) is 4.93. The number of carbonyl (C=O) groups is 6. The Kier molecular flexibility index (Phi) is 11.9. The molecule has 1 N–H and O–H groups in total. The zero-order chi connectivity index (χ0) is 34.5. The molecule has 0 spiro atoms. The molecule has 0 unspecified atom stereocenters.